The van der Waals surface area contributed by atoms with E-state index < -0.39 is 5.82 Å². The zero-order valence-electron chi connectivity index (χ0n) is 15.9. The van der Waals surface area contributed by atoms with Gasteiger partial charge in [0.05, 0.1) is 14.2 Å². The van der Waals surface area contributed by atoms with Gasteiger partial charge in [-0.2, -0.15) is 0 Å². The van der Waals surface area contributed by atoms with Crippen LogP contribution in [0.4, 0.5) is 4.39 Å². The Morgan fingerprint density at radius 3 is 2.21 bits per heavy atom. The number of carbonyl (C=O) groups is 2. The van der Waals surface area contributed by atoms with Crippen LogP contribution in [-0.2, 0) is 0 Å². The predicted octanol–water partition coefficient (Wildman–Crippen LogP) is 2.88. The van der Waals surface area contributed by atoms with E-state index in [1.807, 2.05) is 0 Å². The van der Waals surface area contributed by atoms with E-state index in [0.29, 0.717) is 43.0 Å². The fraction of sp³-hybridized carbons (Fsp3) is 0.333. The maximum absolute atomic E-state index is 13.3. The molecule has 28 heavy (non-hydrogen) atoms. The third-order valence-corrected chi connectivity index (χ3v) is 4.85. The van der Waals surface area contributed by atoms with Gasteiger partial charge in [-0.05, 0) is 43.2 Å². The predicted molar refractivity (Wildman–Crippen MR) is 102 cm³/mol. The number of methoxy groups -OCH3 is 2. The number of piperidine rings is 1. The van der Waals surface area contributed by atoms with Crippen molar-refractivity contribution in [3.8, 4) is 11.5 Å². The first-order chi connectivity index (χ1) is 13.5. The highest BCUT2D eigenvalue weighted by molar-refractivity contribution is 6.00. The largest absolute Gasteiger partial charge is 0.496 e. The van der Waals surface area contributed by atoms with E-state index in [2.05, 4.69) is 5.32 Å². The molecular formula is C21H23FN2O4. The second-order valence-electron chi connectivity index (χ2n) is 6.59. The third-order valence-electron chi connectivity index (χ3n) is 4.85. The van der Waals surface area contributed by atoms with E-state index in [0.717, 1.165) is 0 Å². The van der Waals surface area contributed by atoms with Crippen molar-refractivity contribution in [1.29, 1.82) is 0 Å². The van der Waals surface area contributed by atoms with Crippen molar-refractivity contribution in [2.75, 3.05) is 27.3 Å². The van der Waals surface area contributed by atoms with E-state index in [-0.39, 0.29) is 23.4 Å². The molecule has 1 saturated heterocycles. The minimum Gasteiger partial charge on any atom is -0.496 e. The Morgan fingerprint density at radius 2 is 1.64 bits per heavy atom. The molecule has 148 valence electrons. The molecule has 0 atom stereocenters. The van der Waals surface area contributed by atoms with Crippen molar-refractivity contribution >= 4 is 11.8 Å². The zero-order valence-corrected chi connectivity index (χ0v) is 15.9. The number of benzene rings is 2. The van der Waals surface area contributed by atoms with Gasteiger partial charge in [-0.25, -0.2) is 4.39 Å². The van der Waals surface area contributed by atoms with Gasteiger partial charge in [-0.15, -0.1) is 0 Å². The normalized spacial score (nSPS) is 14.5. The van der Waals surface area contributed by atoms with Crippen LogP contribution in [-0.4, -0.2) is 50.1 Å². The number of rotatable bonds is 5. The molecule has 0 aliphatic carbocycles. The quantitative estimate of drug-likeness (QED) is 0.858. The number of halogens is 1. The molecule has 6 nitrogen and oxygen atoms in total. The number of hydrogen-bond acceptors (Lipinski definition) is 4. The highest BCUT2D eigenvalue weighted by Gasteiger charge is 2.28. The average Bonchev–Trinajstić information content (AvgIpc) is 2.73. The van der Waals surface area contributed by atoms with Gasteiger partial charge >= 0.3 is 0 Å². The lowest BCUT2D eigenvalue weighted by molar-refractivity contribution is 0.0691. The highest BCUT2D eigenvalue weighted by atomic mass is 19.1. The Kier molecular flexibility index (Phi) is 6.13. The topological polar surface area (TPSA) is 67.9 Å². The Balaban J connectivity index is 1.63. The van der Waals surface area contributed by atoms with E-state index in [1.54, 1.807) is 29.2 Å². The number of nitrogens with zero attached hydrogens (tertiary/aromatic N) is 1. The molecule has 1 aliphatic heterocycles. The number of hydrogen-bond donors (Lipinski definition) is 1. The average molecular weight is 386 g/mol. The number of ether oxygens (including phenoxy) is 2. The van der Waals surface area contributed by atoms with Crippen molar-refractivity contribution in [3.05, 3.63) is 59.4 Å². The molecule has 3 rings (SSSR count). The standard InChI is InChI=1S/C21H23FN2O4/c1-27-17-7-4-8-18(28-2)19(17)21(26)24-11-9-16(10-12-24)23-20(25)14-5-3-6-15(22)13-14/h3-8,13,16H,9-12H2,1-2H3,(H,23,25). The second-order valence-corrected chi connectivity index (χ2v) is 6.59. The summed E-state index contributed by atoms with van der Waals surface area (Å²) in [5.74, 6) is 0.00969. The number of likely N-dealkylation sites (tertiary alicyclic amines) is 1. The highest BCUT2D eigenvalue weighted by Crippen LogP contribution is 2.30. The Labute approximate surface area is 163 Å². The molecule has 1 N–H and O–H groups in total. The van der Waals surface area contributed by atoms with Gasteiger partial charge in [0.15, 0.2) is 0 Å². The van der Waals surface area contributed by atoms with Crippen molar-refractivity contribution < 1.29 is 23.5 Å². The maximum Gasteiger partial charge on any atom is 0.261 e. The Hall–Kier alpha value is -3.09. The lowest BCUT2D eigenvalue weighted by Gasteiger charge is -2.33. The minimum absolute atomic E-state index is 0.0700. The minimum atomic E-state index is -0.446. The molecule has 0 spiro atoms. The maximum atomic E-state index is 13.3. The molecule has 0 bridgehead atoms. The van der Waals surface area contributed by atoms with Crippen LogP contribution >= 0.6 is 0 Å². The summed E-state index contributed by atoms with van der Waals surface area (Å²) in [5.41, 5.74) is 0.687. The summed E-state index contributed by atoms with van der Waals surface area (Å²) in [6, 6.07) is 10.7. The van der Waals surface area contributed by atoms with Crippen LogP contribution < -0.4 is 14.8 Å². The van der Waals surface area contributed by atoms with Crippen molar-refractivity contribution in [2.45, 2.75) is 18.9 Å². The summed E-state index contributed by atoms with van der Waals surface area (Å²) in [7, 11) is 3.03. The number of carbonyl (C=O) groups excluding carboxylic acids is 2. The lowest BCUT2D eigenvalue weighted by atomic mass is 10.0. The summed E-state index contributed by atoms with van der Waals surface area (Å²) >= 11 is 0. The molecule has 0 aromatic heterocycles. The van der Waals surface area contributed by atoms with Crippen molar-refractivity contribution in [3.63, 3.8) is 0 Å². The van der Waals surface area contributed by atoms with Crippen LogP contribution in [0.2, 0.25) is 0 Å². The lowest BCUT2D eigenvalue weighted by Crippen LogP contribution is -2.46. The van der Waals surface area contributed by atoms with Gasteiger partial charge in [0.25, 0.3) is 11.8 Å². The van der Waals surface area contributed by atoms with Crippen LogP contribution in [0.3, 0.4) is 0 Å². The van der Waals surface area contributed by atoms with Crippen LogP contribution in [0.15, 0.2) is 42.5 Å². The van der Waals surface area contributed by atoms with Gasteiger partial charge in [0.1, 0.15) is 22.9 Å². The smallest absolute Gasteiger partial charge is 0.261 e. The van der Waals surface area contributed by atoms with Gasteiger partial charge < -0.3 is 19.7 Å². The van der Waals surface area contributed by atoms with Gasteiger partial charge in [0, 0.05) is 24.7 Å². The molecule has 2 aromatic carbocycles. The summed E-state index contributed by atoms with van der Waals surface area (Å²) in [6.07, 6.45) is 1.23. The molecule has 1 aliphatic rings. The monoisotopic (exact) mass is 386 g/mol. The van der Waals surface area contributed by atoms with Crippen LogP contribution in [0.25, 0.3) is 0 Å². The fourth-order valence-electron chi connectivity index (χ4n) is 3.35. The first-order valence-corrected chi connectivity index (χ1v) is 9.10. The van der Waals surface area contributed by atoms with Crippen LogP contribution in [0.1, 0.15) is 33.6 Å². The molecule has 0 radical (unpaired) electrons. The first-order valence-electron chi connectivity index (χ1n) is 9.10. The molecule has 0 saturated carbocycles. The summed E-state index contributed by atoms with van der Waals surface area (Å²) < 4.78 is 23.9. The molecule has 2 aromatic rings. The van der Waals surface area contributed by atoms with Gasteiger partial charge in [-0.3, -0.25) is 9.59 Å². The van der Waals surface area contributed by atoms with E-state index in [9.17, 15) is 14.0 Å². The zero-order chi connectivity index (χ0) is 20.1. The Morgan fingerprint density at radius 1 is 1.04 bits per heavy atom. The summed E-state index contributed by atoms with van der Waals surface area (Å²) in [6.45, 7) is 0.988. The molecule has 1 heterocycles. The first kappa shape index (κ1) is 19.7. The summed E-state index contributed by atoms with van der Waals surface area (Å²) in [4.78, 5) is 27.0. The van der Waals surface area contributed by atoms with E-state index in [4.69, 9.17) is 9.47 Å². The summed E-state index contributed by atoms with van der Waals surface area (Å²) in [5, 5.41) is 2.91. The van der Waals surface area contributed by atoms with E-state index in [1.165, 1.54) is 32.4 Å². The molecular weight excluding hydrogens is 363 g/mol. The van der Waals surface area contributed by atoms with Crippen molar-refractivity contribution in [2.24, 2.45) is 0 Å². The van der Waals surface area contributed by atoms with Crippen LogP contribution in [0.5, 0.6) is 11.5 Å². The van der Waals surface area contributed by atoms with Crippen LogP contribution in [0, 0.1) is 5.82 Å². The SMILES string of the molecule is COc1cccc(OC)c1C(=O)N1CCC(NC(=O)c2cccc(F)c2)CC1. The fourth-order valence-corrected chi connectivity index (χ4v) is 3.35. The third kappa shape index (κ3) is 4.24. The molecule has 7 heteroatoms. The second kappa shape index (κ2) is 8.73. The molecule has 2 amide bonds. The molecule has 0 unspecified atom stereocenters. The van der Waals surface area contributed by atoms with Gasteiger partial charge in [0.2, 0.25) is 0 Å². The van der Waals surface area contributed by atoms with Gasteiger partial charge in [-0.1, -0.05) is 12.1 Å². The van der Waals surface area contributed by atoms with E-state index >= 15 is 0 Å². The Bertz CT molecular complexity index is 841. The number of nitrogens with one attached hydrogen (secondary N) is 1. The molecule has 1 fully saturated rings. The van der Waals surface area contributed by atoms with Crippen molar-refractivity contribution in [1.82, 2.24) is 10.2 Å². The number of amides is 2.